The van der Waals surface area contributed by atoms with Crippen molar-refractivity contribution in [3.05, 3.63) is 23.7 Å². The fourth-order valence-corrected chi connectivity index (χ4v) is 3.06. The fourth-order valence-electron chi connectivity index (χ4n) is 1.80. The van der Waals surface area contributed by atoms with Crippen LogP contribution in [0.4, 0.5) is 0 Å². The third-order valence-electron chi connectivity index (χ3n) is 2.88. The lowest BCUT2D eigenvalue weighted by molar-refractivity contribution is 0.0747. The van der Waals surface area contributed by atoms with E-state index in [2.05, 4.69) is 0 Å². The minimum Gasteiger partial charge on any atom is -0.467 e. The molecule has 0 spiro atoms. The van der Waals surface area contributed by atoms with Gasteiger partial charge in [0.1, 0.15) is 12.0 Å². The normalized spacial score (nSPS) is 18.8. The number of furan rings is 1. The lowest BCUT2D eigenvalue weighted by Crippen LogP contribution is -2.36. The van der Waals surface area contributed by atoms with Crippen molar-refractivity contribution in [2.45, 2.75) is 19.0 Å². The molecule has 1 aliphatic rings. The Morgan fingerprint density at radius 3 is 3.00 bits per heavy atom. The average molecular weight is 277 g/mol. The van der Waals surface area contributed by atoms with Crippen LogP contribution in [-0.2, 0) is 6.54 Å². The summed E-state index contributed by atoms with van der Waals surface area (Å²) in [6, 6.07) is 2.08. The van der Waals surface area contributed by atoms with Crippen LogP contribution in [0.25, 0.3) is 0 Å². The molecular formula is C11H17ClN2O2S. The molecule has 0 aliphatic carbocycles. The number of amides is 1. The van der Waals surface area contributed by atoms with Crippen molar-refractivity contribution < 1.29 is 9.21 Å². The number of rotatable bonds is 3. The van der Waals surface area contributed by atoms with E-state index in [1.165, 1.54) is 6.26 Å². The topological polar surface area (TPSA) is 59.5 Å². The first-order valence-corrected chi connectivity index (χ1v) is 6.50. The minimum absolute atomic E-state index is 0. The molecule has 1 unspecified atom stereocenters. The summed E-state index contributed by atoms with van der Waals surface area (Å²) in [5.41, 5.74) is 6.04. The van der Waals surface area contributed by atoms with Gasteiger partial charge in [-0.15, -0.1) is 12.4 Å². The largest absolute Gasteiger partial charge is 0.467 e. The third kappa shape index (κ3) is 3.18. The number of carbonyl (C=O) groups excluding carboxylic acids is 1. The van der Waals surface area contributed by atoms with Gasteiger partial charge in [0.25, 0.3) is 5.91 Å². The second-order valence-corrected chi connectivity index (χ2v) is 5.09. The molecule has 0 radical (unpaired) electrons. The van der Waals surface area contributed by atoms with Crippen molar-refractivity contribution in [3.8, 4) is 0 Å². The van der Waals surface area contributed by atoms with Crippen LogP contribution in [0, 0.1) is 0 Å². The highest BCUT2D eigenvalue weighted by Gasteiger charge is 2.25. The molecule has 2 N–H and O–H groups in total. The van der Waals surface area contributed by atoms with Gasteiger partial charge in [0.05, 0.1) is 12.1 Å². The van der Waals surface area contributed by atoms with E-state index < -0.39 is 0 Å². The van der Waals surface area contributed by atoms with E-state index in [0.717, 1.165) is 17.9 Å². The molecule has 6 heteroatoms. The van der Waals surface area contributed by atoms with Gasteiger partial charge >= 0.3 is 0 Å². The smallest absolute Gasteiger partial charge is 0.257 e. The maximum Gasteiger partial charge on any atom is 0.257 e. The third-order valence-corrected chi connectivity index (χ3v) is 4.02. The zero-order valence-corrected chi connectivity index (χ0v) is 11.4. The van der Waals surface area contributed by atoms with Gasteiger partial charge in [-0.2, -0.15) is 11.8 Å². The van der Waals surface area contributed by atoms with Gasteiger partial charge < -0.3 is 15.1 Å². The van der Waals surface area contributed by atoms with Crippen molar-refractivity contribution in [3.63, 3.8) is 0 Å². The molecule has 17 heavy (non-hydrogen) atoms. The van der Waals surface area contributed by atoms with E-state index >= 15 is 0 Å². The van der Waals surface area contributed by atoms with Gasteiger partial charge in [-0.05, 0) is 18.2 Å². The summed E-state index contributed by atoms with van der Waals surface area (Å²) in [4.78, 5) is 13.9. The van der Waals surface area contributed by atoms with Gasteiger partial charge in [-0.3, -0.25) is 4.79 Å². The molecule has 4 nitrogen and oxygen atoms in total. The Balaban J connectivity index is 0.00000144. The number of hydrogen-bond donors (Lipinski definition) is 1. The van der Waals surface area contributed by atoms with E-state index in [1.807, 2.05) is 23.7 Å². The maximum absolute atomic E-state index is 12.1. The Morgan fingerprint density at radius 2 is 2.47 bits per heavy atom. The standard InChI is InChI=1S/C11H16N2O2S.ClH/c1-13(9-2-3-16-7-9)11(14)8-4-10(5-12)15-6-8;/h4,6,9H,2-3,5,7,12H2,1H3;1H. The van der Waals surface area contributed by atoms with Crippen molar-refractivity contribution in [2.24, 2.45) is 5.73 Å². The predicted molar refractivity (Wildman–Crippen MR) is 71.7 cm³/mol. The van der Waals surface area contributed by atoms with Gasteiger partial charge in [0, 0.05) is 18.8 Å². The van der Waals surface area contributed by atoms with Crippen LogP contribution >= 0.6 is 24.2 Å². The van der Waals surface area contributed by atoms with Gasteiger partial charge in [0.15, 0.2) is 0 Å². The number of hydrogen-bond acceptors (Lipinski definition) is 4. The molecular weight excluding hydrogens is 260 g/mol. The number of nitrogens with zero attached hydrogens (tertiary/aromatic N) is 1. The monoisotopic (exact) mass is 276 g/mol. The SMILES string of the molecule is CN(C(=O)c1coc(CN)c1)C1CCSC1.Cl. The molecule has 2 heterocycles. The average Bonchev–Trinajstić information content (AvgIpc) is 2.97. The summed E-state index contributed by atoms with van der Waals surface area (Å²) in [5, 5.41) is 0. The van der Waals surface area contributed by atoms with Gasteiger partial charge in [-0.1, -0.05) is 0 Å². The molecule has 1 aromatic heterocycles. The van der Waals surface area contributed by atoms with E-state index in [9.17, 15) is 4.79 Å². The summed E-state index contributed by atoms with van der Waals surface area (Å²) in [5.74, 6) is 2.85. The van der Waals surface area contributed by atoms with Crippen LogP contribution in [0.5, 0.6) is 0 Å². The Kier molecular flexibility index (Phi) is 5.36. The van der Waals surface area contributed by atoms with Crippen molar-refractivity contribution in [2.75, 3.05) is 18.6 Å². The highest BCUT2D eigenvalue weighted by atomic mass is 35.5. The molecule has 0 saturated carbocycles. The summed E-state index contributed by atoms with van der Waals surface area (Å²) >= 11 is 1.90. The Bertz CT molecular complexity index is 377. The second-order valence-electron chi connectivity index (χ2n) is 3.94. The number of thioether (sulfide) groups is 1. The van der Waals surface area contributed by atoms with Crippen molar-refractivity contribution in [1.29, 1.82) is 0 Å². The first-order valence-electron chi connectivity index (χ1n) is 5.34. The Hall–Kier alpha value is -0.650. The molecule has 96 valence electrons. The molecule has 1 aromatic rings. The zero-order chi connectivity index (χ0) is 11.5. The lowest BCUT2D eigenvalue weighted by atomic mass is 10.2. The summed E-state index contributed by atoms with van der Waals surface area (Å²) in [6.07, 6.45) is 2.57. The molecule has 1 fully saturated rings. The minimum atomic E-state index is 0. The second kappa shape index (κ2) is 6.33. The summed E-state index contributed by atoms with van der Waals surface area (Å²) in [6.45, 7) is 0.330. The summed E-state index contributed by atoms with van der Waals surface area (Å²) < 4.78 is 5.17. The molecule has 0 aromatic carbocycles. The van der Waals surface area contributed by atoms with E-state index in [-0.39, 0.29) is 18.3 Å². The van der Waals surface area contributed by atoms with Crippen molar-refractivity contribution >= 4 is 30.1 Å². The molecule has 1 saturated heterocycles. The maximum atomic E-state index is 12.1. The first kappa shape index (κ1) is 14.4. The van der Waals surface area contributed by atoms with Crippen LogP contribution in [-0.4, -0.2) is 35.4 Å². The van der Waals surface area contributed by atoms with Crippen LogP contribution in [0.1, 0.15) is 22.5 Å². The van der Waals surface area contributed by atoms with Crippen LogP contribution in [0.2, 0.25) is 0 Å². The highest BCUT2D eigenvalue weighted by Crippen LogP contribution is 2.23. The van der Waals surface area contributed by atoms with E-state index in [0.29, 0.717) is 23.9 Å². The van der Waals surface area contributed by atoms with Crippen LogP contribution in [0.3, 0.4) is 0 Å². The van der Waals surface area contributed by atoms with Gasteiger partial charge in [0.2, 0.25) is 0 Å². The molecule has 1 aliphatic heterocycles. The number of halogens is 1. The molecule has 0 bridgehead atoms. The van der Waals surface area contributed by atoms with Crippen LogP contribution in [0.15, 0.2) is 16.7 Å². The van der Waals surface area contributed by atoms with Crippen molar-refractivity contribution in [1.82, 2.24) is 4.90 Å². The predicted octanol–water partition coefficient (Wildman–Crippen LogP) is 1.74. The Labute approximate surface area is 111 Å². The quantitative estimate of drug-likeness (QED) is 0.914. The number of nitrogens with two attached hydrogens (primary N) is 1. The molecule has 2 rings (SSSR count). The van der Waals surface area contributed by atoms with Crippen LogP contribution < -0.4 is 5.73 Å². The number of carbonyl (C=O) groups is 1. The van der Waals surface area contributed by atoms with E-state index in [4.69, 9.17) is 10.2 Å². The van der Waals surface area contributed by atoms with Gasteiger partial charge in [-0.25, -0.2) is 0 Å². The molecule has 1 amide bonds. The Morgan fingerprint density at radius 1 is 1.71 bits per heavy atom. The first-order chi connectivity index (χ1) is 7.72. The summed E-state index contributed by atoms with van der Waals surface area (Å²) in [7, 11) is 1.86. The zero-order valence-electron chi connectivity index (χ0n) is 9.72. The lowest BCUT2D eigenvalue weighted by Gasteiger charge is -2.22. The fraction of sp³-hybridized carbons (Fsp3) is 0.545. The van der Waals surface area contributed by atoms with E-state index in [1.54, 1.807) is 6.07 Å². The molecule has 1 atom stereocenters. The highest BCUT2D eigenvalue weighted by molar-refractivity contribution is 7.99.